The Bertz CT molecular complexity index is 227. The number of piperidine rings is 1. The standard InChI is InChI=1S/C12H24N2O2/c1-3-4-7-12(13,11(15)16-2)10-6-5-8-14-9-10/h10,14H,3-9,13H2,1-2H3. The van der Waals surface area contributed by atoms with Crippen LogP contribution in [0.15, 0.2) is 0 Å². The molecular formula is C12H24N2O2. The Morgan fingerprint density at radius 2 is 2.38 bits per heavy atom. The van der Waals surface area contributed by atoms with Gasteiger partial charge in [0, 0.05) is 12.5 Å². The summed E-state index contributed by atoms with van der Waals surface area (Å²) in [6.45, 7) is 3.97. The number of unbranched alkanes of at least 4 members (excludes halogenated alkanes) is 1. The van der Waals surface area contributed by atoms with Crippen molar-refractivity contribution in [1.82, 2.24) is 5.32 Å². The predicted octanol–water partition coefficient (Wildman–Crippen LogP) is 1.05. The molecule has 94 valence electrons. The molecule has 1 saturated heterocycles. The van der Waals surface area contributed by atoms with Crippen molar-refractivity contribution in [1.29, 1.82) is 0 Å². The van der Waals surface area contributed by atoms with Crippen LogP contribution in [0.4, 0.5) is 0 Å². The first-order valence-electron chi connectivity index (χ1n) is 6.23. The van der Waals surface area contributed by atoms with Gasteiger partial charge in [0.25, 0.3) is 0 Å². The van der Waals surface area contributed by atoms with Crippen LogP contribution < -0.4 is 11.1 Å². The maximum absolute atomic E-state index is 11.9. The molecule has 1 heterocycles. The summed E-state index contributed by atoms with van der Waals surface area (Å²) in [4.78, 5) is 11.9. The normalized spacial score (nSPS) is 24.8. The fourth-order valence-electron chi connectivity index (χ4n) is 2.42. The Morgan fingerprint density at radius 3 is 2.88 bits per heavy atom. The van der Waals surface area contributed by atoms with Crippen molar-refractivity contribution in [2.24, 2.45) is 11.7 Å². The second-order valence-electron chi connectivity index (χ2n) is 4.68. The molecule has 0 spiro atoms. The van der Waals surface area contributed by atoms with Crippen LogP contribution >= 0.6 is 0 Å². The van der Waals surface area contributed by atoms with Gasteiger partial charge >= 0.3 is 5.97 Å². The first-order valence-corrected chi connectivity index (χ1v) is 6.23. The summed E-state index contributed by atoms with van der Waals surface area (Å²) in [5, 5.41) is 3.31. The molecule has 1 fully saturated rings. The van der Waals surface area contributed by atoms with Crippen molar-refractivity contribution in [3.05, 3.63) is 0 Å². The maximum Gasteiger partial charge on any atom is 0.326 e. The molecule has 16 heavy (non-hydrogen) atoms. The number of nitrogens with one attached hydrogen (secondary N) is 1. The van der Waals surface area contributed by atoms with Crippen LogP contribution in [-0.4, -0.2) is 31.7 Å². The lowest BCUT2D eigenvalue weighted by atomic mass is 9.76. The summed E-state index contributed by atoms with van der Waals surface area (Å²) in [5.41, 5.74) is 5.50. The van der Waals surface area contributed by atoms with Crippen LogP contribution in [0.1, 0.15) is 39.0 Å². The van der Waals surface area contributed by atoms with Gasteiger partial charge in [-0.05, 0) is 25.8 Å². The molecule has 0 aliphatic carbocycles. The van der Waals surface area contributed by atoms with Gasteiger partial charge in [0.1, 0.15) is 5.54 Å². The van der Waals surface area contributed by atoms with E-state index in [1.165, 1.54) is 7.11 Å². The first-order chi connectivity index (χ1) is 7.65. The van der Waals surface area contributed by atoms with Crippen molar-refractivity contribution >= 4 is 5.97 Å². The lowest BCUT2D eigenvalue weighted by molar-refractivity contribution is -0.150. The van der Waals surface area contributed by atoms with Gasteiger partial charge in [-0.25, -0.2) is 0 Å². The zero-order valence-corrected chi connectivity index (χ0v) is 10.4. The highest BCUT2D eigenvalue weighted by Gasteiger charge is 2.42. The first kappa shape index (κ1) is 13.5. The molecule has 0 saturated carbocycles. The molecule has 2 atom stereocenters. The molecule has 0 bridgehead atoms. The average Bonchev–Trinajstić information content (AvgIpc) is 2.36. The summed E-state index contributed by atoms with van der Waals surface area (Å²) in [7, 11) is 1.42. The smallest absolute Gasteiger partial charge is 0.326 e. The van der Waals surface area contributed by atoms with Gasteiger partial charge < -0.3 is 15.8 Å². The van der Waals surface area contributed by atoms with E-state index in [1.54, 1.807) is 0 Å². The Hall–Kier alpha value is -0.610. The Morgan fingerprint density at radius 1 is 1.62 bits per heavy atom. The summed E-state index contributed by atoms with van der Waals surface area (Å²) in [6.07, 6.45) is 4.86. The van der Waals surface area contributed by atoms with E-state index in [4.69, 9.17) is 10.5 Å². The van der Waals surface area contributed by atoms with E-state index in [0.717, 1.165) is 45.2 Å². The minimum atomic E-state index is -0.793. The van der Waals surface area contributed by atoms with E-state index in [-0.39, 0.29) is 11.9 Å². The lowest BCUT2D eigenvalue weighted by Gasteiger charge is -2.37. The number of methoxy groups -OCH3 is 1. The second kappa shape index (κ2) is 6.21. The summed E-state index contributed by atoms with van der Waals surface area (Å²) in [6, 6.07) is 0. The highest BCUT2D eigenvalue weighted by molar-refractivity contribution is 5.81. The Kier molecular flexibility index (Phi) is 5.22. The molecule has 3 N–H and O–H groups in total. The molecule has 1 rings (SSSR count). The zero-order chi connectivity index (χ0) is 12.0. The molecule has 0 aromatic heterocycles. The van der Waals surface area contributed by atoms with Crippen LogP contribution in [0.3, 0.4) is 0 Å². The van der Waals surface area contributed by atoms with Crippen molar-refractivity contribution in [2.45, 2.75) is 44.6 Å². The molecule has 2 unspecified atom stereocenters. The fourth-order valence-corrected chi connectivity index (χ4v) is 2.42. The van der Waals surface area contributed by atoms with Crippen LogP contribution in [0.5, 0.6) is 0 Å². The van der Waals surface area contributed by atoms with Gasteiger partial charge in [-0.3, -0.25) is 4.79 Å². The summed E-state index contributed by atoms with van der Waals surface area (Å²) in [5.74, 6) is -0.0464. The topological polar surface area (TPSA) is 64.4 Å². The molecule has 4 heteroatoms. The van der Waals surface area contributed by atoms with Gasteiger partial charge in [-0.2, -0.15) is 0 Å². The van der Waals surface area contributed by atoms with Gasteiger partial charge in [0.15, 0.2) is 0 Å². The molecule has 0 aromatic rings. The van der Waals surface area contributed by atoms with Gasteiger partial charge in [0.05, 0.1) is 7.11 Å². The van der Waals surface area contributed by atoms with E-state index < -0.39 is 5.54 Å². The molecule has 4 nitrogen and oxygen atoms in total. The van der Waals surface area contributed by atoms with Crippen molar-refractivity contribution < 1.29 is 9.53 Å². The average molecular weight is 228 g/mol. The van der Waals surface area contributed by atoms with Gasteiger partial charge in [-0.1, -0.05) is 19.8 Å². The van der Waals surface area contributed by atoms with E-state index in [9.17, 15) is 4.79 Å². The number of hydrogen-bond donors (Lipinski definition) is 2. The van der Waals surface area contributed by atoms with Crippen LogP contribution in [0.25, 0.3) is 0 Å². The number of hydrogen-bond acceptors (Lipinski definition) is 4. The van der Waals surface area contributed by atoms with E-state index in [2.05, 4.69) is 12.2 Å². The summed E-state index contributed by atoms with van der Waals surface area (Å²) < 4.78 is 4.87. The molecule has 0 radical (unpaired) electrons. The minimum absolute atomic E-state index is 0.209. The SMILES string of the molecule is CCCCC(N)(C(=O)OC)C1CCCNC1. The van der Waals surface area contributed by atoms with Crippen LogP contribution in [0.2, 0.25) is 0 Å². The second-order valence-corrected chi connectivity index (χ2v) is 4.68. The minimum Gasteiger partial charge on any atom is -0.468 e. The van der Waals surface area contributed by atoms with Crippen molar-refractivity contribution in [3.8, 4) is 0 Å². The van der Waals surface area contributed by atoms with E-state index in [0.29, 0.717) is 0 Å². The maximum atomic E-state index is 11.9. The Labute approximate surface area is 97.9 Å². The number of nitrogens with two attached hydrogens (primary N) is 1. The quantitative estimate of drug-likeness (QED) is 0.690. The van der Waals surface area contributed by atoms with E-state index >= 15 is 0 Å². The molecule has 0 aromatic carbocycles. The highest BCUT2D eigenvalue weighted by Crippen LogP contribution is 2.28. The molecule has 1 aliphatic heterocycles. The molecule has 1 aliphatic rings. The highest BCUT2D eigenvalue weighted by atomic mass is 16.5. The predicted molar refractivity (Wildman–Crippen MR) is 64.1 cm³/mol. The number of esters is 1. The van der Waals surface area contributed by atoms with Crippen molar-refractivity contribution in [2.75, 3.05) is 20.2 Å². The zero-order valence-electron chi connectivity index (χ0n) is 10.4. The third-order valence-electron chi connectivity index (χ3n) is 3.53. The number of rotatable bonds is 5. The number of carbonyl (C=O) groups excluding carboxylic acids is 1. The van der Waals surface area contributed by atoms with E-state index in [1.807, 2.05) is 0 Å². The monoisotopic (exact) mass is 228 g/mol. The van der Waals surface area contributed by atoms with Crippen LogP contribution in [0, 0.1) is 5.92 Å². The fraction of sp³-hybridized carbons (Fsp3) is 0.917. The number of ether oxygens (including phenoxy) is 1. The largest absolute Gasteiger partial charge is 0.468 e. The lowest BCUT2D eigenvalue weighted by Crippen LogP contribution is -2.58. The van der Waals surface area contributed by atoms with Gasteiger partial charge in [-0.15, -0.1) is 0 Å². The molecular weight excluding hydrogens is 204 g/mol. The van der Waals surface area contributed by atoms with Crippen LogP contribution in [-0.2, 0) is 9.53 Å². The van der Waals surface area contributed by atoms with Gasteiger partial charge in [0.2, 0.25) is 0 Å². The van der Waals surface area contributed by atoms with Crippen molar-refractivity contribution in [3.63, 3.8) is 0 Å². The third-order valence-corrected chi connectivity index (χ3v) is 3.53. The Balaban J connectivity index is 2.71. The molecule has 0 amide bonds. The third kappa shape index (κ3) is 2.95. The number of carbonyl (C=O) groups is 1. The summed E-state index contributed by atoms with van der Waals surface area (Å²) >= 11 is 0.